The topological polar surface area (TPSA) is 70.8 Å². The van der Waals surface area contributed by atoms with Crippen LogP contribution in [0.2, 0.25) is 0 Å². The van der Waals surface area contributed by atoms with Crippen LogP contribution in [-0.2, 0) is 55.0 Å². The van der Waals surface area contributed by atoms with Crippen molar-refractivity contribution in [2.24, 2.45) is 9.98 Å². The summed E-state index contributed by atoms with van der Waals surface area (Å²) in [6.07, 6.45) is 13.8. The molecule has 0 N–H and O–H groups in total. The molecule has 3 aromatic rings. The number of hydrogen-bond acceptors (Lipinski definition) is 4. The minimum atomic E-state index is -0.287. The third kappa shape index (κ3) is 12.2. The van der Waals surface area contributed by atoms with Gasteiger partial charge in [0.05, 0.1) is 17.1 Å². The average Bonchev–Trinajstić information content (AvgIpc) is 3.04. The van der Waals surface area contributed by atoms with Crippen molar-refractivity contribution in [1.29, 1.82) is 0 Å². The van der Waals surface area contributed by atoms with E-state index < -0.39 is 0 Å². The molecule has 44 heavy (non-hydrogen) atoms. The number of nitrogens with zero attached hydrogens (tertiary/aromatic N) is 2. The Morgan fingerprint density at radius 1 is 0.568 bits per heavy atom. The molecule has 0 unspecified atom stereocenters. The summed E-state index contributed by atoms with van der Waals surface area (Å²) in [6.45, 7) is 15.2. The first-order valence-electron chi connectivity index (χ1n) is 16.7. The van der Waals surface area contributed by atoms with Crippen LogP contribution >= 0.6 is 0 Å². The standard InChI is InChI=1S/C26H36N2.C13H20O2.Ni/c1-6-11-12-26(28-25-16-14-21(8-3)23(10-5)18-25)19-27-24-15-13-20(7-2)22(9-4)17-24;1-3-5-7-11-9-8-10(6-4-2)12(14)13(11)15;/h13-19H,6-12H2,1-5H3;8-9,14-15H,3-7H2,1-2H3;/q;;+2/p-2. The third-order valence-corrected chi connectivity index (χ3v) is 7.92. The Kier molecular flexibility index (Phi) is 19.3. The quantitative estimate of drug-likeness (QED) is 0.122. The zero-order valence-corrected chi connectivity index (χ0v) is 29.2. The molecule has 0 aromatic heterocycles. The maximum atomic E-state index is 11.7. The molecule has 0 aliphatic heterocycles. The molecule has 0 saturated carbocycles. The second-order valence-corrected chi connectivity index (χ2v) is 11.2. The molecule has 5 heteroatoms. The molecule has 0 bridgehead atoms. The van der Waals surface area contributed by atoms with Gasteiger partial charge in [0.25, 0.3) is 0 Å². The number of hydrogen-bond donors (Lipinski definition) is 0. The predicted molar refractivity (Wildman–Crippen MR) is 183 cm³/mol. The van der Waals surface area contributed by atoms with Gasteiger partial charge in [0.15, 0.2) is 0 Å². The van der Waals surface area contributed by atoms with Gasteiger partial charge >= 0.3 is 16.5 Å². The van der Waals surface area contributed by atoms with E-state index in [1.807, 2.05) is 25.3 Å². The largest absolute Gasteiger partial charge is 2.00 e. The van der Waals surface area contributed by atoms with Crippen LogP contribution in [0.5, 0.6) is 11.5 Å². The van der Waals surface area contributed by atoms with Gasteiger partial charge in [0.1, 0.15) is 0 Å². The Hall–Kier alpha value is -2.91. The van der Waals surface area contributed by atoms with Crippen LogP contribution in [0.1, 0.15) is 120 Å². The molecule has 3 aromatic carbocycles. The molecule has 0 amide bonds. The molecular formula is C39H54N2NiO2. The van der Waals surface area contributed by atoms with E-state index in [4.69, 9.17) is 9.98 Å². The summed E-state index contributed by atoms with van der Waals surface area (Å²) in [5.41, 5.74) is 10.1. The van der Waals surface area contributed by atoms with Gasteiger partial charge in [-0.15, -0.1) is 11.5 Å². The number of aliphatic imine (C=N–C) groups is 2. The molecule has 0 spiro atoms. The second-order valence-electron chi connectivity index (χ2n) is 11.2. The molecule has 0 heterocycles. The molecule has 3 rings (SSSR count). The van der Waals surface area contributed by atoms with Crippen LogP contribution in [0.15, 0.2) is 58.5 Å². The van der Waals surface area contributed by atoms with Crippen LogP contribution in [-0.4, -0.2) is 11.9 Å². The van der Waals surface area contributed by atoms with Crippen LogP contribution in [0.4, 0.5) is 11.4 Å². The molecule has 0 atom stereocenters. The molecule has 242 valence electrons. The number of rotatable bonds is 15. The Balaban J connectivity index is 0.000000513. The van der Waals surface area contributed by atoms with Gasteiger partial charge < -0.3 is 10.2 Å². The molecule has 0 saturated heterocycles. The van der Waals surface area contributed by atoms with E-state index in [-0.39, 0.29) is 28.0 Å². The van der Waals surface area contributed by atoms with Gasteiger partial charge in [-0.2, -0.15) is 0 Å². The number of unbranched alkanes of at least 4 members (excludes halogenated alkanes) is 2. The fourth-order valence-electron chi connectivity index (χ4n) is 5.22. The summed E-state index contributed by atoms with van der Waals surface area (Å²) in [5, 5.41) is 23.3. The average molecular weight is 642 g/mol. The van der Waals surface area contributed by atoms with Crippen molar-refractivity contribution in [2.75, 3.05) is 0 Å². The molecule has 0 aliphatic carbocycles. The van der Waals surface area contributed by atoms with Crippen molar-refractivity contribution >= 4 is 23.3 Å². The Labute approximate surface area is 278 Å². The maximum Gasteiger partial charge on any atom is 2.00 e. The number of aryl methyl sites for hydroxylation is 6. The predicted octanol–water partition coefficient (Wildman–Crippen LogP) is 9.73. The fraction of sp³-hybridized carbons (Fsp3) is 0.487. The SMILES string of the molecule is CCCCC(C=Nc1ccc(CC)c(CC)c1)=Nc1ccc(CC)c(CC)c1.CCCCc1ccc(CCC)c([O-])c1[O-].[Ni+2]. The van der Waals surface area contributed by atoms with Crippen molar-refractivity contribution in [3.8, 4) is 11.5 Å². The minimum Gasteiger partial charge on any atom is -0.873 e. The Bertz CT molecular complexity index is 1330. The van der Waals surface area contributed by atoms with Crippen molar-refractivity contribution in [1.82, 2.24) is 0 Å². The van der Waals surface area contributed by atoms with Crippen molar-refractivity contribution in [3.05, 3.63) is 81.9 Å². The molecule has 0 fully saturated rings. The summed E-state index contributed by atoms with van der Waals surface area (Å²) in [5.74, 6) is -0.570. The summed E-state index contributed by atoms with van der Waals surface area (Å²) in [6, 6.07) is 16.8. The monoisotopic (exact) mass is 640 g/mol. The minimum absolute atomic E-state index is 0. The Morgan fingerprint density at radius 3 is 1.55 bits per heavy atom. The van der Waals surface area contributed by atoms with Crippen molar-refractivity contribution in [2.45, 2.75) is 126 Å². The molecule has 4 nitrogen and oxygen atoms in total. The van der Waals surface area contributed by atoms with Gasteiger partial charge in [-0.05, 0) is 104 Å². The van der Waals surface area contributed by atoms with Gasteiger partial charge in [-0.1, -0.05) is 103 Å². The smallest absolute Gasteiger partial charge is 0.873 e. The summed E-state index contributed by atoms with van der Waals surface area (Å²) < 4.78 is 0. The third-order valence-electron chi connectivity index (χ3n) is 7.92. The van der Waals surface area contributed by atoms with Crippen LogP contribution in [0.3, 0.4) is 0 Å². The van der Waals surface area contributed by atoms with E-state index in [2.05, 4.69) is 77.9 Å². The zero-order chi connectivity index (χ0) is 31.6. The second kappa shape index (κ2) is 21.7. The first-order chi connectivity index (χ1) is 20.8. The normalized spacial score (nSPS) is 11.3. The molecule has 0 aliphatic rings. The van der Waals surface area contributed by atoms with E-state index in [0.29, 0.717) is 17.5 Å². The summed E-state index contributed by atoms with van der Waals surface area (Å²) >= 11 is 0. The van der Waals surface area contributed by atoms with E-state index in [9.17, 15) is 10.2 Å². The zero-order valence-electron chi connectivity index (χ0n) is 28.2. The van der Waals surface area contributed by atoms with Gasteiger partial charge in [0.2, 0.25) is 0 Å². The number of benzene rings is 3. The van der Waals surface area contributed by atoms with E-state index in [0.717, 1.165) is 87.7 Å². The van der Waals surface area contributed by atoms with E-state index >= 15 is 0 Å². The maximum absolute atomic E-state index is 11.7. The van der Waals surface area contributed by atoms with Crippen molar-refractivity contribution < 1.29 is 26.7 Å². The summed E-state index contributed by atoms with van der Waals surface area (Å²) in [4.78, 5) is 9.70. The Morgan fingerprint density at radius 2 is 1.05 bits per heavy atom. The van der Waals surface area contributed by atoms with Crippen LogP contribution in [0.25, 0.3) is 0 Å². The van der Waals surface area contributed by atoms with Crippen molar-refractivity contribution in [3.63, 3.8) is 0 Å². The summed E-state index contributed by atoms with van der Waals surface area (Å²) in [7, 11) is 0. The van der Waals surface area contributed by atoms with Crippen LogP contribution < -0.4 is 10.2 Å². The van der Waals surface area contributed by atoms with Gasteiger partial charge in [0, 0.05) is 6.21 Å². The fourth-order valence-corrected chi connectivity index (χ4v) is 5.22. The van der Waals surface area contributed by atoms with E-state index in [1.54, 1.807) is 0 Å². The van der Waals surface area contributed by atoms with Crippen LogP contribution in [0, 0.1) is 0 Å². The van der Waals surface area contributed by atoms with Gasteiger partial charge in [-0.25, -0.2) is 0 Å². The first-order valence-corrected chi connectivity index (χ1v) is 16.7. The van der Waals surface area contributed by atoms with E-state index in [1.165, 1.54) is 22.3 Å². The van der Waals surface area contributed by atoms with Gasteiger partial charge in [-0.3, -0.25) is 9.98 Å². The molecule has 0 radical (unpaired) electrons. The first kappa shape index (κ1) is 39.1. The molecular weight excluding hydrogens is 587 g/mol.